The van der Waals surface area contributed by atoms with Crippen LogP contribution in [0.3, 0.4) is 0 Å². The first-order valence-electron chi connectivity index (χ1n) is 7.24. The molecule has 0 bridgehead atoms. The van der Waals surface area contributed by atoms with Crippen LogP contribution in [0.4, 0.5) is 0 Å². The molecule has 0 amide bonds. The lowest BCUT2D eigenvalue weighted by Gasteiger charge is -2.19. The van der Waals surface area contributed by atoms with Gasteiger partial charge in [0.15, 0.2) is 0 Å². The van der Waals surface area contributed by atoms with E-state index in [1.54, 1.807) is 13.2 Å². The summed E-state index contributed by atoms with van der Waals surface area (Å²) < 4.78 is 15.3. The lowest BCUT2D eigenvalue weighted by Crippen LogP contribution is -2.09. The van der Waals surface area contributed by atoms with Crippen LogP contribution in [0.1, 0.15) is 33.6 Å². The third kappa shape index (κ3) is 8.95. The van der Waals surface area contributed by atoms with Crippen LogP contribution in [0.25, 0.3) is 0 Å². The first-order chi connectivity index (χ1) is 9.92. The van der Waals surface area contributed by atoms with Crippen molar-refractivity contribution in [1.82, 2.24) is 0 Å². The number of allylic oxidation sites excluding steroid dienone is 2. The van der Waals surface area contributed by atoms with Gasteiger partial charge in [-0.05, 0) is 23.8 Å². The first-order valence-corrected chi connectivity index (χ1v) is 7.24. The molecule has 21 heavy (non-hydrogen) atoms. The van der Waals surface area contributed by atoms with E-state index >= 15 is 0 Å². The molecule has 4 nitrogen and oxygen atoms in total. The molecule has 4 heteroatoms. The standard InChI is InChI=1S/C17H28O4/c1-13(2)7-8-14(3)16(5)17(11-15(4)19-6)21-10-9-20-12-18/h11-14H,4-5,7-10H2,1-3,6H3/b17-11+. The number of hydrogen-bond donors (Lipinski definition) is 0. The topological polar surface area (TPSA) is 44.8 Å². The molecule has 0 N–H and O–H groups in total. The molecule has 1 unspecified atom stereocenters. The SMILES string of the molecule is C=C(/C=C(/OCCOC=O)C(=C)C(C)CCC(C)C)OC. The summed E-state index contributed by atoms with van der Waals surface area (Å²) in [4.78, 5) is 10.1. The van der Waals surface area contributed by atoms with Crippen molar-refractivity contribution in [1.29, 1.82) is 0 Å². The van der Waals surface area contributed by atoms with Gasteiger partial charge in [-0.25, -0.2) is 0 Å². The number of carbonyl (C=O) groups excluding carboxylic acids is 1. The minimum atomic E-state index is 0.202. The highest BCUT2D eigenvalue weighted by Gasteiger charge is 2.14. The van der Waals surface area contributed by atoms with Gasteiger partial charge in [-0.1, -0.05) is 40.3 Å². The van der Waals surface area contributed by atoms with Crippen LogP contribution < -0.4 is 0 Å². The van der Waals surface area contributed by atoms with Crippen LogP contribution in [0.2, 0.25) is 0 Å². The predicted molar refractivity (Wildman–Crippen MR) is 84.6 cm³/mol. The van der Waals surface area contributed by atoms with Crippen LogP contribution in [-0.2, 0) is 19.0 Å². The highest BCUT2D eigenvalue weighted by Crippen LogP contribution is 2.25. The quantitative estimate of drug-likeness (QED) is 0.237. The Bertz CT molecular complexity index is 369. The zero-order chi connectivity index (χ0) is 16.3. The number of rotatable bonds is 12. The van der Waals surface area contributed by atoms with Crippen molar-refractivity contribution in [3.63, 3.8) is 0 Å². The van der Waals surface area contributed by atoms with E-state index in [1.807, 2.05) is 0 Å². The maximum Gasteiger partial charge on any atom is 0.293 e. The Kier molecular flexibility index (Phi) is 10.1. The van der Waals surface area contributed by atoms with Gasteiger partial charge in [0.2, 0.25) is 0 Å². The highest BCUT2D eigenvalue weighted by molar-refractivity contribution is 5.36. The van der Waals surface area contributed by atoms with Gasteiger partial charge < -0.3 is 14.2 Å². The van der Waals surface area contributed by atoms with E-state index in [0.717, 1.165) is 18.4 Å². The van der Waals surface area contributed by atoms with Crippen molar-refractivity contribution >= 4 is 6.47 Å². The molecular weight excluding hydrogens is 268 g/mol. The van der Waals surface area contributed by atoms with Crippen molar-refractivity contribution in [2.75, 3.05) is 20.3 Å². The van der Waals surface area contributed by atoms with E-state index in [-0.39, 0.29) is 13.2 Å². The molecule has 0 spiro atoms. The third-order valence-electron chi connectivity index (χ3n) is 3.17. The Morgan fingerprint density at radius 2 is 1.81 bits per heavy atom. The lowest BCUT2D eigenvalue weighted by atomic mass is 9.92. The molecular formula is C17H28O4. The molecule has 120 valence electrons. The van der Waals surface area contributed by atoms with Gasteiger partial charge in [-0.2, -0.15) is 0 Å². The summed E-state index contributed by atoms with van der Waals surface area (Å²) in [5, 5.41) is 0. The minimum Gasteiger partial charge on any atom is -0.497 e. The monoisotopic (exact) mass is 296 g/mol. The Hall–Kier alpha value is -1.71. The van der Waals surface area contributed by atoms with Gasteiger partial charge in [0.05, 0.1) is 7.11 Å². The van der Waals surface area contributed by atoms with Crippen molar-refractivity contribution in [3.8, 4) is 0 Å². The smallest absolute Gasteiger partial charge is 0.293 e. The fraction of sp³-hybridized carbons (Fsp3) is 0.588. The molecule has 0 heterocycles. The second kappa shape index (κ2) is 11.0. The molecule has 0 aliphatic carbocycles. The molecule has 0 aliphatic rings. The van der Waals surface area contributed by atoms with Gasteiger partial charge in [0.1, 0.15) is 24.7 Å². The molecule has 1 atom stereocenters. The molecule has 0 aromatic rings. The predicted octanol–water partition coefficient (Wildman–Crippen LogP) is 3.85. The maximum atomic E-state index is 10.1. The third-order valence-corrected chi connectivity index (χ3v) is 3.17. The maximum absolute atomic E-state index is 10.1. The van der Waals surface area contributed by atoms with E-state index in [4.69, 9.17) is 9.47 Å². The van der Waals surface area contributed by atoms with Crippen LogP contribution in [0, 0.1) is 11.8 Å². The zero-order valence-corrected chi connectivity index (χ0v) is 13.7. The number of hydrogen-bond acceptors (Lipinski definition) is 4. The van der Waals surface area contributed by atoms with Gasteiger partial charge in [0.25, 0.3) is 6.47 Å². The lowest BCUT2D eigenvalue weighted by molar-refractivity contribution is -0.129. The summed E-state index contributed by atoms with van der Waals surface area (Å²) in [5.41, 5.74) is 0.903. The van der Waals surface area contributed by atoms with Gasteiger partial charge in [0, 0.05) is 6.08 Å². The summed E-state index contributed by atoms with van der Waals surface area (Å²) in [6.07, 6.45) is 3.89. The zero-order valence-electron chi connectivity index (χ0n) is 13.7. The van der Waals surface area contributed by atoms with Crippen LogP contribution in [0.15, 0.2) is 36.3 Å². The number of ether oxygens (including phenoxy) is 3. The van der Waals surface area contributed by atoms with Crippen LogP contribution >= 0.6 is 0 Å². The summed E-state index contributed by atoms with van der Waals surface area (Å²) in [7, 11) is 1.55. The van der Waals surface area contributed by atoms with Gasteiger partial charge >= 0.3 is 0 Å². The first kappa shape index (κ1) is 19.3. The second-order valence-corrected chi connectivity index (χ2v) is 5.39. The number of methoxy groups -OCH3 is 1. The molecule has 0 aromatic heterocycles. The molecule has 0 saturated carbocycles. The fourth-order valence-electron chi connectivity index (χ4n) is 1.68. The molecule has 0 radical (unpaired) electrons. The van der Waals surface area contributed by atoms with Crippen molar-refractivity contribution in [2.24, 2.45) is 11.8 Å². The van der Waals surface area contributed by atoms with Crippen molar-refractivity contribution in [2.45, 2.75) is 33.6 Å². The Labute approximate surface area is 128 Å². The van der Waals surface area contributed by atoms with Crippen LogP contribution in [-0.4, -0.2) is 26.8 Å². The molecule has 0 aliphatic heterocycles. The van der Waals surface area contributed by atoms with Crippen molar-refractivity contribution < 1.29 is 19.0 Å². The normalized spacial score (nSPS) is 12.7. The van der Waals surface area contributed by atoms with E-state index in [9.17, 15) is 4.79 Å². The van der Waals surface area contributed by atoms with E-state index < -0.39 is 0 Å². The Morgan fingerprint density at radius 1 is 1.14 bits per heavy atom. The summed E-state index contributed by atoms with van der Waals surface area (Å²) >= 11 is 0. The minimum absolute atomic E-state index is 0.202. The average molecular weight is 296 g/mol. The average Bonchev–Trinajstić information content (AvgIpc) is 2.46. The van der Waals surface area contributed by atoms with E-state index in [1.165, 1.54) is 0 Å². The number of carbonyl (C=O) groups is 1. The van der Waals surface area contributed by atoms with Gasteiger partial charge in [-0.3, -0.25) is 4.79 Å². The van der Waals surface area contributed by atoms with E-state index in [0.29, 0.717) is 29.8 Å². The molecule has 0 fully saturated rings. The molecule has 0 aromatic carbocycles. The second-order valence-electron chi connectivity index (χ2n) is 5.39. The highest BCUT2D eigenvalue weighted by atomic mass is 16.5. The molecule has 0 saturated heterocycles. The summed E-state index contributed by atoms with van der Waals surface area (Å²) in [6, 6.07) is 0. The summed E-state index contributed by atoms with van der Waals surface area (Å²) in [6.45, 7) is 15.3. The van der Waals surface area contributed by atoms with Gasteiger partial charge in [-0.15, -0.1) is 0 Å². The fourth-order valence-corrected chi connectivity index (χ4v) is 1.68. The van der Waals surface area contributed by atoms with E-state index in [2.05, 4.69) is 38.7 Å². The molecule has 0 rings (SSSR count). The Balaban J connectivity index is 4.69. The van der Waals surface area contributed by atoms with Crippen molar-refractivity contribution in [3.05, 3.63) is 36.3 Å². The Morgan fingerprint density at radius 3 is 2.33 bits per heavy atom. The van der Waals surface area contributed by atoms with Crippen LogP contribution in [0.5, 0.6) is 0 Å². The largest absolute Gasteiger partial charge is 0.497 e. The summed E-state index contributed by atoms with van der Waals surface area (Å²) in [5.74, 6) is 2.09.